The van der Waals surface area contributed by atoms with Crippen LogP contribution >= 0.6 is 75.8 Å². The average Bonchev–Trinajstić information content (AvgIpc) is 3.94. The van der Waals surface area contributed by atoms with Crippen molar-refractivity contribution in [3.05, 3.63) is 0 Å². The number of carboxylic acids is 2. The number of rotatable bonds is 36. The number of nitrogens with one attached hydrogen (secondary N) is 11. The summed E-state index contributed by atoms with van der Waals surface area (Å²) in [6.07, 6.45) is -2.06. The third kappa shape index (κ3) is 25.7. The summed E-state index contributed by atoms with van der Waals surface area (Å²) in [6.45, 7) is 4.56. The van der Waals surface area contributed by atoms with E-state index in [-0.39, 0.29) is 59.8 Å². The van der Waals surface area contributed by atoms with Gasteiger partial charge in [0.2, 0.25) is 70.9 Å². The van der Waals surface area contributed by atoms with Crippen LogP contribution in [0, 0.1) is 5.92 Å². The van der Waals surface area contributed by atoms with Crippen LogP contribution in [-0.2, 0) is 67.1 Å². The molecule has 0 unspecified atom stereocenters. The fourth-order valence-corrected chi connectivity index (χ4v) is 8.67. The second-order valence-electron chi connectivity index (χ2n) is 18.7. The number of carboxylic acid groups (broad SMARTS) is 2. The van der Waals surface area contributed by atoms with Crippen LogP contribution in [0.1, 0.15) is 59.8 Å². The highest BCUT2D eigenvalue weighted by molar-refractivity contribution is 7.81. The monoisotopic (exact) mass is 1260 g/mol. The zero-order chi connectivity index (χ0) is 61.8. The first-order valence-corrected chi connectivity index (χ1v) is 28.9. The van der Waals surface area contributed by atoms with Crippen LogP contribution < -0.4 is 64.2 Å². The van der Waals surface area contributed by atoms with Crippen molar-refractivity contribution in [2.45, 2.75) is 132 Å². The van der Waals surface area contributed by atoms with E-state index < -0.39 is 181 Å². The van der Waals surface area contributed by atoms with Gasteiger partial charge in [-0.1, -0.05) is 13.8 Å². The Morgan fingerprint density at radius 1 is 0.519 bits per heavy atom. The Labute approximate surface area is 500 Å². The molecule has 1 fully saturated rings. The Morgan fingerprint density at radius 3 is 1.44 bits per heavy atom. The van der Waals surface area contributed by atoms with E-state index in [1.165, 1.54) is 6.92 Å². The van der Waals surface area contributed by atoms with E-state index in [9.17, 15) is 77.3 Å². The Kier molecular flexibility index (Phi) is 34.2. The fourth-order valence-electron chi connectivity index (χ4n) is 7.23. The molecule has 0 spiro atoms. The molecular formula is C45H75N13O17S6. The van der Waals surface area contributed by atoms with E-state index in [2.05, 4.69) is 134 Å². The fraction of sp³-hybridized carbons (Fsp3) is 0.689. The van der Waals surface area contributed by atoms with Gasteiger partial charge in [0.15, 0.2) is 0 Å². The van der Waals surface area contributed by atoms with Gasteiger partial charge in [-0.25, -0.2) is 4.79 Å². The van der Waals surface area contributed by atoms with E-state index in [1.54, 1.807) is 13.8 Å². The molecule has 0 aromatic heterocycles. The van der Waals surface area contributed by atoms with Gasteiger partial charge in [0, 0.05) is 47.5 Å². The number of aliphatic hydroxyl groups excluding tert-OH is 1. The van der Waals surface area contributed by atoms with Crippen molar-refractivity contribution < 1.29 is 82.4 Å². The molecule has 1 aliphatic rings. The maximum atomic E-state index is 13.7. The van der Waals surface area contributed by atoms with Crippen molar-refractivity contribution in [2.75, 3.05) is 54.2 Å². The molecule has 36 heteroatoms. The highest BCUT2D eigenvalue weighted by Crippen LogP contribution is 2.18. The van der Waals surface area contributed by atoms with Gasteiger partial charge in [-0.3, -0.25) is 62.3 Å². The minimum atomic E-state index is -1.65. The highest BCUT2D eigenvalue weighted by atomic mass is 32.1. The van der Waals surface area contributed by atoms with Crippen LogP contribution in [-0.4, -0.2) is 230 Å². The number of carbonyl (C=O) groups excluding carboxylic acids is 12. The van der Waals surface area contributed by atoms with Crippen LogP contribution in [0.2, 0.25) is 0 Å². The Balaban J connectivity index is 2.97. The summed E-state index contributed by atoms with van der Waals surface area (Å²) in [4.78, 5) is 182. The number of nitrogens with two attached hydrogens (primary N) is 1. The van der Waals surface area contributed by atoms with E-state index in [0.29, 0.717) is 6.42 Å². The van der Waals surface area contributed by atoms with Gasteiger partial charge in [0.1, 0.15) is 60.4 Å². The molecule has 0 radical (unpaired) electrons. The normalized spacial score (nSPS) is 17.0. The molecule has 30 nitrogen and oxygen atoms in total. The third-order valence-corrected chi connectivity index (χ3v) is 14.0. The largest absolute Gasteiger partial charge is 0.481 e. The van der Waals surface area contributed by atoms with Crippen molar-refractivity contribution >= 4 is 159 Å². The van der Waals surface area contributed by atoms with Gasteiger partial charge in [-0.2, -0.15) is 75.8 Å². The topological polar surface area (TPSA) is 461 Å². The van der Waals surface area contributed by atoms with Crippen LogP contribution in [0.5, 0.6) is 0 Å². The zero-order valence-electron chi connectivity index (χ0n) is 44.7. The van der Waals surface area contributed by atoms with Crippen LogP contribution in [0.25, 0.3) is 0 Å². The Morgan fingerprint density at radius 2 is 0.963 bits per heavy atom. The maximum absolute atomic E-state index is 13.7. The molecule has 0 saturated carbocycles. The van der Waals surface area contributed by atoms with Crippen molar-refractivity contribution in [1.82, 2.24) is 63.4 Å². The number of amides is 12. The quantitative estimate of drug-likeness (QED) is 0.0259. The molecule has 1 heterocycles. The lowest BCUT2D eigenvalue weighted by Crippen LogP contribution is -2.60. The van der Waals surface area contributed by atoms with Crippen molar-refractivity contribution in [3.8, 4) is 0 Å². The lowest BCUT2D eigenvalue weighted by atomic mass is 10.0. The van der Waals surface area contributed by atoms with Gasteiger partial charge in [0.25, 0.3) is 0 Å². The molecule has 458 valence electrons. The number of aliphatic hydroxyl groups is 1. The molecule has 1 rings (SSSR count). The summed E-state index contributed by atoms with van der Waals surface area (Å²) in [5.41, 5.74) is 5.67. The van der Waals surface area contributed by atoms with Gasteiger partial charge in [-0.15, -0.1) is 0 Å². The van der Waals surface area contributed by atoms with E-state index in [0.717, 1.165) is 11.8 Å². The molecule has 0 aromatic rings. The molecule has 0 aliphatic carbocycles. The SMILES string of the molecule is CC(C)C[C@H](NC(=O)[C@H](CCC(=O)O)NC(=O)[C@H](CS)NC(=O)[C@@H](N)CS)C(=O)N[C@@H](CS)C(=O)N[C@@H](CS)C(=O)NCC(=O)N1CCC[C@H]1C(=O)N[C@@H](C)C(=O)N[C@@H](CS)C(=O)N[C@H](C(=O)NCC(=O)N[C@@H](CS)C(=O)O)[C@H](C)O. The second-order valence-corrected chi connectivity index (χ2v) is 20.9. The molecule has 81 heavy (non-hydrogen) atoms. The van der Waals surface area contributed by atoms with Gasteiger partial charge < -0.3 is 84.4 Å². The molecule has 1 aliphatic heterocycles. The summed E-state index contributed by atoms with van der Waals surface area (Å²) in [6, 6.07) is -15.0. The van der Waals surface area contributed by atoms with E-state index >= 15 is 0 Å². The summed E-state index contributed by atoms with van der Waals surface area (Å²) >= 11 is 24.3. The smallest absolute Gasteiger partial charge is 0.327 e. The number of hydrogen-bond acceptors (Lipinski definition) is 22. The molecule has 16 N–H and O–H groups in total. The zero-order valence-corrected chi connectivity index (χ0v) is 50.0. The molecule has 1 saturated heterocycles. The number of thiol groups is 6. The molecular weight excluding hydrogens is 1190 g/mol. The Bertz CT molecular complexity index is 2260. The first-order valence-electron chi connectivity index (χ1n) is 25.1. The standard InChI is InChI=1S/C45H75N13O17S6/c1-19(2)10-24(52-38(67)23(7-8-33(62)63)51-40(69)26(15-78)54-36(65)22(46)13-76)39(68)56-27(16-79)41(70)55-25(14-77)37(66)48-12-32(61)58-9-5-6-30(58)43(72)49-20(3)35(64)53-28(17-80)42(71)57-34(21(4)59)44(73)47-11-31(60)50-29(18-81)45(74)75/h19-30,34,59,76-81H,5-18,46H2,1-4H3,(H,47,73)(H,48,66)(H,49,72)(H,50,60)(H,51,69)(H,52,67)(H,53,64)(H,54,65)(H,55,70)(H,56,68)(H,57,71)(H,62,63)(H,74,75)/t20-,21-,22-,23-,24-,25-,26-,27-,28-,29-,30-,34-/m0/s1. The minimum absolute atomic E-state index is 0.0154. The first-order chi connectivity index (χ1) is 38.0. The van der Waals surface area contributed by atoms with Crippen LogP contribution in [0.15, 0.2) is 0 Å². The number of likely N-dealkylation sites (tertiary alicyclic amines) is 1. The second kappa shape index (κ2) is 37.7. The minimum Gasteiger partial charge on any atom is -0.481 e. The number of hydrogen-bond donors (Lipinski definition) is 21. The molecule has 12 atom stereocenters. The molecule has 12 amide bonds. The van der Waals surface area contributed by atoms with Gasteiger partial charge in [0.05, 0.1) is 25.2 Å². The Hall–Kier alpha value is -5.40. The third-order valence-electron chi connectivity index (χ3n) is 11.8. The lowest BCUT2D eigenvalue weighted by molar-refractivity contribution is -0.141. The highest BCUT2D eigenvalue weighted by Gasteiger charge is 2.38. The van der Waals surface area contributed by atoms with Gasteiger partial charge >= 0.3 is 11.9 Å². The predicted molar refractivity (Wildman–Crippen MR) is 311 cm³/mol. The van der Waals surface area contributed by atoms with Crippen molar-refractivity contribution in [1.29, 1.82) is 0 Å². The summed E-state index contributed by atoms with van der Waals surface area (Å²) in [7, 11) is 0. The van der Waals surface area contributed by atoms with E-state index in [4.69, 9.17) is 10.8 Å². The van der Waals surface area contributed by atoms with Crippen LogP contribution in [0.4, 0.5) is 0 Å². The van der Waals surface area contributed by atoms with Gasteiger partial charge in [-0.05, 0) is 45.4 Å². The van der Waals surface area contributed by atoms with Crippen molar-refractivity contribution in [2.24, 2.45) is 11.7 Å². The maximum Gasteiger partial charge on any atom is 0.327 e. The van der Waals surface area contributed by atoms with Crippen molar-refractivity contribution in [3.63, 3.8) is 0 Å². The summed E-state index contributed by atoms with van der Waals surface area (Å²) in [5.74, 6) is -15.1. The number of nitrogens with zero attached hydrogens (tertiary/aromatic N) is 1. The number of aliphatic carboxylic acids is 2. The first kappa shape index (κ1) is 73.6. The number of carbonyl (C=O) groups is 14. The van der Waals surface area contributed by atoms with E-state index in [1.807, 2.05) is 0 Å². The molecule has 0 bridgehead atoms. The average molecular weight is 1260 g/mol. The summed E-state index contributed by atoms with van der Waals surface area (Å²) in [5, 5.41) is 54.5. The predicted octanol–water partition coefficient (Wildman–Crippen LogP) is -7.12. The lowest BCUT2D eigenvalue weighted by Gasteiger charge is -2.27. The summed E-state index contributed by atoms with van der Waals surface area (Å²) < 4.78 is 0. The van der Waals surface area contributed by atoms with Crippen LogP contribution in [0.3, 0.4) is 0 Å². The molecule has 0 aromatic carbocycles.